The molecule has 0 aliphatic carbocycles. The summed E-state index contributed by atoms with van der Waals surface area (Å²) in [6.45, 7) is 8.00. The molecule has 22 heavy (non-hydrogen) atoms. The number of aryl methyl sites for hydroxylation is 1. The topological polar surface area (TPSA) is 57.7 Å². The summed E-state index contributed by atoms with van der Waals surface area (Å²) >= 11 is 0. The molecular weight excluding hydrogens is 300 g/mol. The Morgan fingerprint density at radius 2 is 1.95 bits per heavy atom. The maximum absolute atomic E-state index is 12.1. The predicted molar refractivity (Wildman–Crippen MR) is 88.8 cm³/mol. The van der Waals surface area contributed by atoms with Gasteiger partial charge in [0.05, 0.1) is 5.75 Å². The van der Waals surface area contributed by atoms with Gasteiger partial charge in [0.1, 0.15) is 5.75 Å². The van der Waals surface area contributed by atoms with E-state index in [0.29, 0.717) is 13.1 Å². The quantitative estimate of drug-likeness (QED) is 0.766. The predicted octanol–water partition coefficient (Wildman–Crippen LogP) is 1.24. The molecule has 2 rings (SSSR count). The van der Waals surface area contributed by atoms with Crippen LogP contribution in [0.25, 0.3) is 0 Å². The zero-order valence-corrected chi connectivity index (χ0v) is 13.7. The van der Waals surface area contributed by atoms with Crippen LogP contribution in [0.4, 0.5) is 5.69 Å². The minimum atomic E-state index is -3.37. The van der Waals surface area contributed by atoms with Gasteiger partial charge in [-0.2, -0.15) is 0 Å². The smallest absolute Gasteiger partial charge is 0.237 e. The van der Waals surface area contributed by atoms with Crippen molar-refractivity contribution in [2.75, 3.05) is 42.6 Å². The van der Waals surface area contributed by atoms with E-state index in [1.54, 1.807) is 4.90 Å². The first-order valence-corrected chi connectivity index (χ1v) is 9.14. The van der Waals surface area contributed by atoms with Crippen LogP contribution in [0.3, 0.4) is 0 Å². The highest BCUT2D eigenvalue weighted by molar-refractivity contribution is 7.92. The van der Waals surface area contributed by atoms with Crippen LogP contribution in [0.2, 0.25) is 0 Å². The number of anilines is 1. The zero-order valence-electron chi connectivity index (χ0n) is 12.9. The molecule has 0 radical (unpaired) electrons. The van der Waals surface area contributed by atoms with Crippen LogP contribution in [0, 0.1) is 6.92 Å². The Morgan fingerprint density at radius 3 is 2.55 bits per heavy atom. The maximum Gasteiger partial charge on any atom is 0.237 e. The van der Waals surface area contributed by atoms with E-state index in [1.165, 1.54) is 11.6 Å². The molecule has 0 saturated carbocycles. The third-order valence-electron chi connectivity index (χ3n) is 3.71. The van der Waals surface area contributed by atoms with Gasteiger partial charge in [-0.3, -0.25) is 4.79 Å². The van der Waals surface area contributed by atoms with Crippen molar-refractivity contribution in [3.05, 3.63) is 42.5 Å². The van der Waals surface area contributed by atoms with E-state index in [0.717, 1.165) is 18.8 Å². The monoisotopic (exact) mass is 322 g/mol. The molecule has 0 N–H and O–H groups in total. The number of hydrogen-bond donors (Lipinski definition) is 0. The van der Waals surface area contributed by atoms with E-state index >= 15 is 0 Å². The second-order valence-corrected chi connectivity index (χ2v) is 7.66. The summed E-state index contributed by atoms with van der Waals surface area (Å²) in [6.07, 6.45) is 1.32. The lowest BCUT2D eigenvalue weighted by Crippen LogP contribution is -2.50. The van der Waals surface area contributed by atoms with Crippen molar-refractivity contribution in [3.8, 4) is 0 Å². The molecule has 1 fully saturated rings. The fourth-order valence-corrected chi connectivity index (χ4v) is 3.59. The molecule has 1 aliphatic heterocycles. The first-order chi connectivity index (χ1) is 10.4. The molecule has 0 spiro atoms. The number of carbonyl (C=O) groups is 1. The lowest BCUT2D eigenvalue weighted by Gasteiger charge is -2.36. The van der Waals surface area contributed by atoms with Crippen molar-refractivity contribution in [1.29, 1.82) is 0 Å². The van der Waals surface area contributed by atoms with Crippen molar-refractivity contribution in [1.82, 2.24) is 4.90 Å². The van der Waals surface area contributed by atoms with Gasteiger partial charge in [-0.25, -0.2) is 8.42 Å². The van der Waals surface area contributed by atoms with E-state index in [2.05, 4.69) is 23.6 Å². The maximum atomic E-state index is 12.1. The molecule has 0 atom stereocenters. The summed E-state index contributed by atoms with van der Waals surface area (Å²) < 4.78 is 23.4. The van der Waals surface area contributed by atoms with Crippen LogP contribution >= 0.6 is 0 Å². The van der Waals surface area contributed by atoms with E-state index in [4.69, 9.17) is 0 Å². The molecule has 1 saturated heterocycles. The molecule has 1 aromatic carbocycles. The van der Waals surface area contributed by atoms with E-state index < -0.39 is 15.6 Å². The minimum absolute atomic E-state index is 0.151. The number of benzene rings is 1. The average Bonchev–Trinajstić information content (AvgIpc) is 2.47. The summed E-state index contributed by atoms with van der Waals surface area (Å²) in [7, 11) is -3.37. The molecule has 1 aromatic rings. The number of nitrogens with zero attached hydrogens (tertiary/aromatic N) is 2. The Labute approximate surface area is 132 Å². The van der Waals surface area contributed by atoms with Crippen LogP contribution in [-0.2, 0) is 14.6 Å². The van der Waals surface area contributed by atoms with Gasteiger partial charge in [-0.05, 0) is 24.6 Å². The molecule has 0 unspecified atom stereocenters. The third kappa shape index (κ3) is 4.34. The number of hydrogen-bond acceptors (Lipinski definition) is 4. The van der Waals surface area contributed by atoms with Crippen LogP contribution in [-0.4, -0.2) is 56.9 Å². The summed E-state index contributed by atoms with van der Waals surface area (Å²) in [5, 5.41) is 0. The first-order valence-electron chi connectivity index (χ1n) is 7.32. The van der Waals surface area contributed by atoms with Crippen molar-refractivity contribution in [3.63, 3.8) is 0 Å². The highest BCUT2D eigenvalue weighted by atomic mass is 32.2. The Morgan fingerprint density at radius 1 is 1.27 bits per heavy atom. The summed E-state index contributed by atoms with van der Waals surface area (Å²) in [4.78, 5) is 15.9. The van der Waals surface area contributed by atoms with Crippen LogP contribution in [0.5, 0.6) is 0 Å². The van der Waals surface area contributed by atoms with Crippen LogP contribution in [0.1, 0.15) is 5.56 Å². The third-order valence-corrected chi connectivity index (χ3v) is 5.14. The van der Waals surface area contributed by atoms with Gasteiger partial charge >= 0.3 is 0 Å². The Hall–Kier alpha value is -1.82. The van der Waals surface area contributed by atoms with Crippen molar-refractivity contribution in [2.45, 2.75) is 6.92 Å². The molecule has 0 bridgehead atoms. The SMILES string of the molecule is C=CCS(=O)(=O)CC(=O)N1CCN(c2cccc(C)c2)CC1. The summed E-state index contributed by atoms with van der Waals surface area (Å²) in [5.74, 6) is -0.892. The molecule has 1 aliphatic rings. The first kappa shape index (κ1) is 16.5. The van der Waals surface area contributed by atoms with Crippen molar-refractivity contribution in [2.24, 2.45) is 0 Å². The Kier molecular flexibility index (Phi) is 5.24. The van der Waals surface area contributed by atoms with Crippen LogP contribution < -0.4 is 4.90 Å². The van der Waals surface area contributed by atoms with Gasteiger partial charge < -0.3 is 9.80 Å². The molecule has 1 heterocycles. The molecule has 120 valence electrons. The number of amides is 1. The normalized spacial score (nSPS) is 15.7. The lowest BCUT2D eigenvalue weighted by molar-refractivity contribution is -0.128. The molecule has 6 heteroatoms. The average molecular weight is 322 g/mol. The summed E-state index contributed by atoms with van der Waals surface area (Å²) in [5.41, 5.74) is 2.35. The van der Waals surface area contributed by atoms with Gasteiger partial charge in [0.15, 0.2) is 9.84 Å². The highest BCUT2D eigenvalue weighted by Crippen LogP contribution is 2.17. The number of carbonyl (C=O) groups excluding carboxylic acids is 1. The Balaban J connectivity index is 1.92. The largest absolute Gasteiger partial charge is 0.368 e. The van der Waals surface area contributed by atoms with Gasteiger partial charge in [0.2, 0.25) is 5.91 Å². The van der Waals surface area contributed by atoms with Crippen molar-refractivity contribution >= 4 is 21.4 Å². The van der Waals surface area contributed by atoms with E-state index in [-0.39, 0.29) is 11.7 Å². The zero-order chi connectivity index (χ0) is 16.2. The van der Waals surface area contributed by atoms with Gasteiger partial charge in [-0.15, -0.1) is 6.58 Å². The number of rotatable bonds is 5. The molecule has 0 aromatic heterocycles. The van der Waals surface area contributed by atoms with Gasteiger partial charge in [0, 0.05) is 31.9 Å². The molecule has 5 nitrogen and oxygen atoms in total. The van der Waals surface area contributed by atoms with Crippen LogP contribution in [0.15, 0.2) is 36.9 Å². The number of piperazine rings is 1. The number of sulfone groups is 1. The second-order valence-electron chi connectivity index (χ2n) is 5.55. The van der Waals surface area contributed by atoms with E-state index in [9.17, 15) is 13.2 Å². The minimum Gasteiger partial charge on any atom is -0.368 e. The fourth-order valence-electron chi connectivity index (χ4n) is 2.56. The standard InChI is InChI=1S/C16H22N2O3S/c1-3-11-22(20,21)13-16(19)18-9-7-17(8-10-18)15-6-4-5-14(2)12-15/h3-6,12H,1,7-11,13H2,2H3. The molecular formula is C16H22N2O3S. The van der Waals surface area contributed by atoms with Crippen molar-refractivity contribution < 1.29 is 13.2 Å². The lowest BCUT2D eigenvalue weighted by atomic mass is 10.2. The van der Waals surface area contributed by atoms with E-state index in [1.807, 2.05) is 19.1 Å². The van der Waals surface area contributed by atoms with Gasteiger partial charge in [0.25, 0.3) is 0 Å². The second kappa shape index (κ2) is 6.96. The summed E-state index contributed by atoms with van der Waals surface area (Å²) in [6, 6.07) is 8.24. The van der Waals surface area contributed by atoms with Gasteiger partial charge in [-0.1, -0.05) is 18.2 Å². The molecule has 1 amide bonds. The Bertz CT molecular complexity index is 647. The fraction of sp³-hybridized carbons (Fsp3) is 0.438. The highest BCUT2D eigenvalue weighted by Gasteiger charge is 2.24.